The van der Waals surface area contributed by atoms with E-state index in [-0.39, 0.29) is 5.56 Å². The van der Waals surface area contributed by atoms with Gasteiger partial charge in [-0.1, -0.05) is 6.42 Å². The van der Waals surface area contributed by atoms with Gasteiger partial charge in [0.1, 0.15) is 5.82 Å². The SMILES string of the molecule is Cn1cnc(N2CCC(CC(=O)N3CC4CCCC4C3)CC2)cc1=O. The van der Waals surface area contributed by atoms with E-state index < -0.39 is 0 Å². The summed E-state index contributed by atoms with van der Waals surface area (Å²) in [6.45, 7) is 3.76. The standard InChI is InChI=1S/C19H28N4O2/c1-21-13-20-17(10-18(21)24)22-7-5-14(6-8-22)9-19(25)23-11-15-3-2-4-16(15)12-23/h10,13-16H,2-9,11-12H2,1H3. The fourth-order valence-corrected chi connectivity index (χ4v) is 4.81. The molecule has 0 radical (unpaired) electrons. The summed E-state index contributed by atoms with van der Waals surface area (Å²) in [5.41, 5.74) is -0.0260. The van der Waals surface area contributed by atoms with E-state index in [0.29, 0.717) is 18.2 Å². The number of carbonyl (C=O) groups is 1. The van der Waals surface area contributed by atoms with Gasteiger partial charge in [0.25, 0.3) is 5.56 Å². The first-order chi connectivity index (χ1) is 12.1. The normalized spacial score (nSPS) is 26.9. The molecule has 25 heavy (non-hydrogen) atoms. The van der Waals surface area contributed by atoms with Crippen molar-refractivity contribution in [2.45, 2.75) is 38.5 Å². The monoisotopic (exact) mass is 344 g/mol. The van der Waals surface area contributed by atoms with Crippen LogP contribution in [-0.4, -0.2) is 46.5 Å². The van der Waals surface area contributed by atoms with E-state index in [2.05, 4.69) is 14.8 Å². The Hall–Kier alpha value is -1.85. The number of likely N-dealkylation sites (tertiary alicyclic amines) is 1. The molecule has 6 nitrogen and oxygen atoms in total. The van der Waals surface area contributed by atoms with Crippen LogP contribution in [0.2, 0.25) is 0 Å². The molecular formula is C19H28N4O2. The smallest absolute Gasteiger partial charge is 0.255 e. The summed E-state index contributed by atoms with van der Waals surface area (Å²) in [6.07, 6.45) is 8.26. The highest BCUT2D eigenvalue weighted by Gasteiger charge is 2.38. The Morgan fingerprint density at radius 2 is 1.84 bits per heavy atom. The summed E-state index contributed by atoms with van der Waals surface area (Å²) < 4.78 is 1.49. The molecule has 136 valence electrons. The third-order valence-electron chi connectivity index (χ3n) is 6.44. The van der Waals surface area contributed by atoms with Crippen molar-refractivity contribution >= 4 is 11.7 Å². The molecule has 3 heterocycles. The van der Waals surface area contributed by atoms with E-state index in [4.69, 9.17) is 0 Å². The zero-order valence-corrected chi connectivity index (χ0v) is 15.1. The molecule has 1 aromatic heterocycles. The number of amides is 1. The number of aromatic nitrogens is 2. The van der Waals surface area contributed by atoms with Gasteiger partial charge in [-0.2, -0.15) is 0 Å². The molecule has 0 aromatic carbocycles. The van der Waals surface area contributed by atoms with Gasteiger partial charge in [-0.15, -0.1) is 0 Å². The number of rotatable bonds is 3. The molecule has 1 aromatic rings. The molecule has 0 bridgehead atoms. The number of aryl methyl sites for hydroxylation is 1. The van der Waals surface area contributed by atoms with Crippen LogP contribution in [-0.2, 0) is 11.8 Å². The highest BCUT2D eigenvalue weighted by Crippen LogP contribution is 2.38. The molecule has 0 N–H and O–H groups in total. The van der Waals surface area contributed by atoms with Gasteiger partial charge in [-0.25, -0.2) is 4.98 Å². The zero-order valence-electron chi connectivity index (χ0n) is 15.1. The van der Waals surface area contributed by atoms with E-state index in [9.17, 15) is 9.59 Å². The van der Waals surface area contributed by atoms with E-state index in [1.165, 1.54) is 23.8 Å². The van der Waals surface area contributed by atoms with Crippen LogP contribution in [0.25, 0.3) is 0 Å². The minimum Gasteiger partial charge on any atom is -0.356 e. The Bertz CT molecular complexity index is 681. The Morgan fingerprint density at radius 1 is 1.16 bits per heavy atom. The molecule has 3 aliphatic rings. The predicted octanol–water partition coefficient (Wildman–Crippen LogP) is 1.65. The maximum Gasteiger partial charge on any atom is 0.255 e. The first-order valence-electron chi connectivity index (χ1n) is 9.65. The summed E-state index contributed by atoms with van der Waals surface area (Å²) in [4.78, 5) is 33.1. The fraction of sp³-hybridized carbons (Fsp3) is 0.737. The van der Waals surface area contributed by atoms with E-state index in [1.54, 1.807) is 19.4 Å². The van der Waals surface area contributed by atoms with Crippen molar-refractivity contribution in [1.82, 2.24) is 14.5 Å². The number of piperidine rings is 1. The lowest BCUT2D eigenvalue weighted by Gasteiger charge is -2.33. The summed E-state index contributed by atoms with van der Waals surface area (Å²) in [7, 11) is 1.71. The average Bonchev–Trinajstić information content (AvgIpc) is 3.20. The quantitative estimate of drug-likeness (QED) is 0.836. The molecule has 1 aliphatic carbocycles. The third kappa shape index (κ3) is 3.44. The van der Waals surface area contributed by atoms with Gasteiger partial charge < -0.3 is 14.4 Å². The van der Waals surface area contributed by atoms with Crippen LogP contribution in [0.1, 0.15) is 38.5 Å². The molecule has 2 unspecified atom stereocenters. The fourth-order valence-electron chi connectivity index (χ4n) is 4.81. The highest BCUT2D eigenvalue weighted by molar-refractivity contribution is 5.76. The van der Waals surface area contributed by atoms with Crippen molar-refractivity contribution < 1.29 is 4.79 Å². The lowest BCUT2D eigenvalue weighted by molar-refractivity contribution is -0.131. The van der Waals surface area contributed by atoms with Gasteiger partial charge in [-0.05, 0) is 43.4 Å². The number of fused-ring (bicyclic) bond motifs is 1. The first-order valence-corrected chi connectivity index (χ1v) is 9.65. The molecule has 0 spiro atoms. The van der Waals surface area contributed by atoms with Crippen molar-refractivity contribution in [3.05, 3.63) is 22.7 Å². The molecular weight excluding hydrogens is 316 g/mol. The number of nitrogens with zero attached hydrogens (tertiary/aromatic N) is 4. The second-order valence-corrected chi connectivity index (χ2v) is 8.08. The average molecular weight is 344 g/mol. The van der Waals surface area contributed by atoms with Gasteiger partial charge in [0.15, 0.2) is 0 Å². The first kappa shape index (κ1) is 16.6. The van der Waals surface area contributed by atoms with Crippen LogP contribution < -0.4 is 10.5 Å². The summed E-state index contributed by atoms with van der Waals surface area (Å²) in [6, 6.07) is 1.61. The molecule has 6 heteroatoms. The van der Waals surface area contributed by atoms with Crippen molar-refractivity contribution in [2.24, 2.45) is 24.8 Å². The number of carbonyl (C=O) groups excluding carboxylic acids is 1. The van der Waals surface area contributed by atoms with Gasteiger partial charge in [0.05, 0.1) is 6.33 Å². The minimum atomic E-state index is -0.0260. The second-order valence-electron chi connectivity index (χ2n) is 8.08. The second kappa shape index (κ2) is 6.81. The van der Waals surface area contributed by atoms with Crippen molar-refractivity contribution in [1.29, 1.82) is 0 Å². The summed E-state index contributed by atoms with van der Waals surface area (Å²) >= 11 is 0. The molecule has 2 aliphatic heterocycles. The molecule has 4 rings (SSSR count). The van der Waals surface area contributed by atoms with Crippen LogP contribution in [0.5, 0.6) is 0 Å². The lowest BCUT2D eigenvalue weighted by atomic mass is 9.93. The number of anilines is 1. The summed E-state index contributed by atoms with van der Waals surface area (Å²) in [5.74, 6) is 3.14. The Labute approximate surface area is 148 Å². The van der Waals surface area contributed by atoms with Crippen LogP contribution in [0.15, 0.2) is 17.2 Å². The van der Waals surface area contributed by atoms with Gasteiger partial charge >= 0.3 is 0 Å². The van der Waals surface area contributed by atoms with Crippen LogP contribution in [0.4, 0.5) is 5.82 Å². The largest absolute Gasteiger partial charge is 0.356 e. The van der Waals surface area contributed by atoms with E-state index >= 15 is 0 Å². The Morgan fingerprint density at radius 3 is 2.48 bits per heavy atom. The van der Waals surface area contributed by atoms with Crippen molar-refractivity contribution in [3.63, 3.8) is 0 Å². The number of hydrogen-bond acceptors (Lipinski definition) is 4. The number of hydrogen-bond donors (Lipinski definition) is 0. The van der Waals surface area contributed by atoms with Crippen molar-refractivity contribution in [2.75, 3.05) is 31.1 Å². The topological polar surface area (TPSA) is 58.4 Å². The van der Waals surface area contributed by atoms with Gasteiger partial charge in [-0.3, -0.25) is 9.59 Å². The Kier molecular flexibility index (Phi) is 4.52. The zero-order chi connectivity index (χ0) is 17.4. The summed E-state index contributed by atoms with van der Waals surface area (Å²) in [5, 5.41) is 0. The molecule has 1 amide bonds. The lowest BCUT2D eigenvalue weighted by Crippen LogP contribution is -2.38. The third-order valence-corrected chi connectivity index (χ3v) is 6.44. The van der Waals surface area contributed by atoms with E-state index in [1.807, 2.05) is 0 Å². The molecule has 2 saturated heterocycles. The Balaban J connectivity index is 1.28. The van der Waals surface area contributed by atoms with Crippen molar-refractivity contribution in [3.8, 4) is 0 Å². The van der Waals surface area contributed by atoms with Crippen LogP contribution in [0, 0.1) is 17.8 Å². The molecule has 1 saturated carbocycles. The van der Waals surface area contributed by atoms with E-state index in [0.717, 1.165) is 56.7 Å². The molecule has 3 fully saturated rings. The molecule has 2 atom stereocenters. The predicted molar refractivity (Wildman–Crippen MR) is 96.4 cm³/mol. The van der Waals surface area contributed by atoms with Crippen LogP contribution in [0.3, 0.4) is 0 Å². The maximum atomic E-state index is 12.6. The maximum absolute atomic E-state index is 12.6. The van der Waals surface area contributed by atoms with Crippen LogP contribution >= 0.6 is 0 Å². The van der Waals surface area contributed by atoms with Gasteiger partial charge in [0.2, 0.25) is 5.91 Å². The minimum absolute atomic E-state index is 0.0260. The van der Waals surface area contributed by atoms with Gasteiger partial charge in [0, 0.05) is 45.7 Å². The highest BCUT2D eigenvalue weighted by atomic mass is 16.2.